The number of benzene rings is 1. The quantitative estimate of drug-likeness (QED) is 0.687. The first-order valence-corrected chi connectivity index (χ1v) is 9.72. The number of aromatic nitrogens is 1. The molecule has 1 saturated carbocycles. The molecule has 2 N–H and O–H groups in total. The van der Waals surface area contributed by atoms with Crippen molar-refractivity contribution in [2.45, 2.75) is 44.6 Å². The zero-order valence-electron chi connectivity index (χ0n) is 15.9. The lowest BCUT2D eigenvalue weighted by Crippen LogP contribution is -2.24. The number of carbonyl (C=O) groups is 2. The predicted molar refractivity (Wildman–Crippen MR) is 106 cm³/mol. The van der Waals surface area contributed by atoms with E-state index in [1.54, 1.807) is 31.7 Å². The van der Waals surface area contributed by atoms with Crippen molar-refractivity contribution in [2.75, 3.05) is 7.05 Å². The van der Waals surface area contributed by atoms with Crippen molar-refractivity contribution < 1.29 is 19.1 Å². The maximum atomic E-state index is 12.3. The number of likely N-dealkylation sites (N-methyl/N-ethyl adjacent to an activating group) is 1. The van der Waals surface area contributed by atoms with Gasteiger partial charge in [0.05, 0.1) is 29.3 Å². The highest BCUT2D eigenvalue weighted by atomic mass is 16.4. The van der Waals surface area contributed by atoms with Crippen LogP contribution in [0.3, 0.4) is 0 Å². The van der Waals surface area contributed by atoms with Crippen LogP contribution in [0.1, 0.15) is 53.9 Å². The first-order chi connectivity index (χ1) is 13.6. The van der Waals surface area contributed by atoms with Crippen LogP contribution in [0.15, 0.2) is 41.2 Å². The number of nitrogens with zero attached hydrogens (tertiary/aromatic N) is 1. The number of carboxylic acids is 1. The van der Waals surface area contributed by atoms with E-state index in [-0.39, 0.29) is 18.0 Å². The Morgan fingerprint density at radius 2 is 2.00 bits per heavy atom. The topological polar surface area (TPSA) is 84.5 Å². The standard InChI is InChI=1S/C22H24N2O4/c1-23-19(25)12-24-18-11-15(22(26)27)7-8-17(18)20(14-5-3-2-4-6-14)21(24)16-9-10-28-13-16/h7-11,13-14H,2-6,12H2,1H3,(H,23,25)(H,26,27). The largest absolute Gasteiger partial charge is 0.478 e. The molecule has 0 radical (unpaired) electrons. The molecule has 2 aromatic heterocycles. The number of hydrogen-bond donors (Lipinski definition) is 2. The summed E-state index contributed by atoms with van der Waals surface area (Å²) in [5.41, 5.74) is 4.08. The summed E-state index contributed by atoms with van der Waals surface area (Å²) < 4.78 is 7.29. The van der Waals surface area contributed by atoms with Crippen LogP contribution in [0.25, 0.3) is 22.2 Å². The van der Waals surface area contributed by atoms with Crippen LogP contribution in [0.5, 0.6) is 0 Å². The van der Waals surface area contributed by atoms with Gasteiger partial charge in [0, 0.05) is 18.0 Å². The Morgan fingerprint density at radius 3 is 2.64 bits per heavy atom. The molecule has 1 aromatic carbocycles. The SMILES string of the molecule is CNC(=O)Cn1c(-c2ccoc2)c(C2CCCCC2)c2ccc(C(=O)O)cc21. The predicted octanol–water partition coefficient (Wildman–Crippen LogP) is 4.39. The van der Waals surface area contributed by atoms with Gasteiger partial charge in [-0.25, -0.2) is 4.79 Å². The summed E-state index contributed by atoms with van der Waals surface area (Å²) in [4.78, 5) is 23.8. The highest BCUT2D eigenvalue weighted by molar-refractivity contribution is 5.98. The second kappa shape index (κ2) is 7.54. The minimum absolute atomic E-state index is 0.127. The highest BCUT2D eigenvalue weighted by Crippen LogP contribution is 2.44. The number of nitrogens with one attached hydrogen (secondary N) is 1. The fraction of sp³-hybridized carbons (Fsp3) is 0.364. The van der Waals surface area contributed by atoms with Crippen molar-refractivity contribution in [2.24, 2.45) is 0 Å². The number of amides is 1. The third-order valence-electron chi connectivity index (χ3n) is 5.74. The molecule has 0 saturated heterocycles. The molecule has 0 atom stereocenters. The molecule has 0 bridgehead atoms. The first kappa shape index (κ1) is 18.3. The molecule has 3 aromatic rings. The molecular formula is C22H24N2O4. The van der Waals surface area contributed by atoms with Crippen molar-refractivity contribution in [1.29, 1.82) is 0 Å². The number of aromatic carboxylic acids is 1. The van der Waals surface area contributed by atoms with Crippen molar-refractivity contribution >= 4 is 22.8 Å². The molecule has 4 rings (SSSR count). The Balaban J connectivity index is 2.02. The second-order valence-electron chi connectivity index (χ2n) is 7.41. The van der Waals surface area contributed by atoms with Gasteiger partial charge in [-0.2, -0.15) is 0 Å². The van der Waals surface area contributed by atoms with Crippen LogP contribution in [-0.4, -0.2) is 28.6 Å². The molecule has 6 heteroatoms. The summed E-state index contributed by atoms with van der Waals surface area (Å²) in [7, 11) is 1.61. The first-order valence-electron chi connectivity index (χ1n) is 9.72. The normalized spacial score (nSPS) is 15.0. The van der Waals surface area contributed by atoms with Crippen LogP contribution in [0.4, 0.5) is 0 Å². The lowest BCUT2D eigenvalue weighted by atomic mass is 9.82. The highest BCUT2D eigenvalue weighted by Gasteiger charge is 2.28. The summed E-state index contributed by atoms with van der Waals surface area (Å²) in [5.74, 6) is -0.709. The number of furan rings is 1. The van der Waals surface area contributed by atoms with E-state index in [0.29, 0.717) is 5.92 Å². The second-order valence-corrected chi connectivity index (χ2v) is 7.41. The van der Waals surface area contributed by atoms with E-state index in [4.69, 9.17) is 4.42 Å². The van der Waals surface area contributed by atoms with Gasteiger partial charge in [-0.1, -0.05) is 25.3 Å². The number of hydrogen-bond acceptors (Lipinski definition) is 3. The van der Waals surface area contributed by atoms with Gasteiger partial charge in [0.25, 0.3) is 0 Å². The Labute approximate surface area is 163 Å². The van der Waals surface area contributed by atoms with Gasteiger partial charge in [-0.15, -0.1) is 0 Å². The smallest absolute Gasteiger partial charge is 0.335 e. The van der Waals surface area contributed by atoms with Gasteiger partial charge in [0.1, 0.15) is 6.54 Å². The molecule has 28 heavy (non-hydrogen) atoms. The Morgan fingerprint density at radius 1 is 1.21 bits per heavy atom. The van der Waals surface area contributed by atoms with E-state index >= 15 is 0 Å². The lowest BCUT2D eigenvalue weighted by molar-refractivity contribution is -0.121. The molecular weight excluding hydrogens is 356 g/mol. The molecule has 1 aliphatic rings. The average molecular weight is 380 g/mol. The fourth-order valence-corrected chi connectivity index (χ4v) is 4.41. The minimum Gasteiger partial charge on any atom is -0.478 e. The molecule has 1 fully saturated rings. The Kier molecular flexibility index (Phi) is 4.94. The number of fused-ring (bicyclic) bond motifs is 1. The van der Waals surface area contributed by atoms with Crippen molar-refractivity contribution in [1.82, 2.24) is 9.88 Å². The van der Waals surface area contributed by atoms with E-state index in [1.165, 1.54) is 24.8 Å². The van der Waals surface area contributed by atoms with E-state index in [9.17, 15) is 14.7 Å². The third kappa shape index (κ3) is 3.19. The van der Waals surface area contributed by atoms with Gasteiger partial charge >= 0.3 is 5.97 Å². The third-order valence-corrected chi connectivity index (χ3v) is 5.74. The summed E-state index contributed by atoms with van der Waals surface area (Å²) in [6.45, 7) is 0.128. The van der Waals surface area contributed by atoms with E-state index < -0.39 is 5.97 Å². The summed E-state index contributed by atoms with van der Waals surface area (Å²) >= 11 is 0. The minimum atomic E-state index is -0.973. The van der Waals surface area contributed by atoms with E-state index in [1.807, 2.05) is 16.7 Å². The number of carbonyl (C=O) groups excluding carboxylic acids is 1. The molecule has 2 heterocycles. The van der Waals surface area contributed by atoms with Gasteiger partial charge in [-0.05, 0) is 42.5 Å². The van der Waals surface area contributed by atoms with E-state index in [0.717, 1.165) is 35.0 Å². The van der Waals surface area contributed by atoms with Crippen molar-refractivity contribution in [3.8, 4) is 11.3 Å². The zero-order valence-corrected chi connectivity index (χ0v) is 15.9. The molecule has 1 amide bonds. The Bertz CT molecular complexity index is 1010. The number of rotatable bonds is 5. The summed E-state index contributed by atoms with van der Waals surface area (Å²) in [6, 6.07) is 7.13. The van der Waals surface area contributed by atoms with E-state index in [2.05, 4.69) is 5.32 Å². The van der Waals surface area contributed by atoms with Crippen LogP contribution < -0.4 is 5.32 Å². The average Bonchev–Trinajstić information content (AvgIpc) is 3.34. The monoisotopic (exact) mass is 380 g/mol. The molecule has 0 spiro atoms. The summed E-state index contributed by atoms with van der Waals surface area (Å²) in [5, 5.41) is 13.2. The number of carboxylic acid groups (broad SMARTS) is 1. The fourth-order valence-electron chi connectivity index (χ4n) is 4.41. The van der Waals surface area contributed by atoms with Crippen molar-refractivity contribution in [3.05, 3.63) is 47.9 Å². The lowest BCUT2D eigenvalue weighted by Gasteiger charge is -2.23. The van der Waals surface area contributed by atoms with Gasteiger partial charge in [0.2, 0.25) is 5.91 Å². The van der Waals surface area contributed by atoms with Crippen LogP contribution >= 0.6 is 0 Å². The Hall–Kier alpha value is -3.02. The maximum Gasteiger partial charge on any atom is 0.335 e. The summed E-state index contributed by atoms with van der Waals surface area (Å²) in [6.07, 6.45) is 9.14. The van der Waals surface area contributed by atoms with Crippen LogP contribution in [0, 0.1) is 0 Å². The molecule has 0 unspecified atom stereocenters. The van der Waals surface area contributed by atoms with Crippen LogP contribution in [-0.2, 0) is 11.3 Å². The van der Waals surface area contributed by atoms with Gasteiger partial charge in [0.15, 0.2) is 0 Å². The molecule has 6 nitrogen and oxygen atoms in total. The zero-order chi connectivity index (χ0) is 19.7. The van der Waals surface area contributed by atoms with Crippen molar-refractivity contribution in [3.63, 3.8) is 0 Å². The molecule has 0 aliphatic heterocycles. The maximum absolute atomic E-state index is 12.3. The molecule has 146 valence electrons. The van der Waals surface area contributed by atoms with Gasteiger partial charge in [-0.3, -0.25) is 4.79 Å². The molecule has 1 aliphatic carbocycles. The van der Waals surface area contributed by atoms with Gasteiger partial charge < -0.3 is 19.4 Å². The van der Waals surface area contributed by atoms with Crippen LogP contribution in [0.2, 0.25) is 0 Å².